The Balaban J connectivity index is 1.48. The van der Waals surface area contributed by atoms with E-state index in [1.165, 1.54) is 0 Å². The molecule has 0 saturated heterocycles. The van der Waals surface area contributed by atoms with Crippen LogP contribution in [0.25, 0.3) is 0 Å². The fourth-order valence-electron chi connectivity index (χ4n) is 2.25. The third kappa shape index (κ3) is 5.40. The smallest absolute Gasteiger partial charge is 0.263 e. The van der Waals surface area contributed by atoms with E-state index in [4.69, 9.17) is 9.47 Å². The number of anilines is 2. The van der Waals surface area contributed by atoms with Crippen molar-refractivity contribution in [2.75, 3.05) is 24.4 Å². The van der Waals surface area contributed by atoms with Gasteiger partial charge in [-0.05, 0) is 35.9 Å². The van der Waals surface area contributed by atoms with Gasteiger partial charge in [-0.2, -0.15) is 0 Å². The van der Waals surface area contributed by atoms with Gasteiger partial charge in [0, 0.05) is 18.9 Å². The Morgan fingerprint density at radius 2 is 1.78 bits per heavy atom. The number of carbonyl (C=O) groups is 1. The van der Waals surface area contributed by atoms with Crippen molar-refractivity contribution in [3.8, 4) is 11.5 Å². The topological polar surface area (TPSA) is 98.3 Å². The molecule has 2 N–H and O–H groups in total. The van der Waals surface area contributed by atoms with Crippen molar-refractivity contribution in [1.82, 2.24) is 15.2 Å². The number of methoxy groups -OCH3 is 1. The highest BCUT2D eigenvalue weighted by Crippen LogP contribution is 2.25. The van der Waals surface area contributed by atoms with Crippen LogP contribution < -0.4 is 20.1 Å². The minimum absolute atomic E-state index is 0.164. The molecule has 138 valence electrons. The van der Waals surface area contributed by atoms with Crippen LogP contribution in [0.1, 0.15) is 5.56 Å². The van der Waals surface area contributed by atoms with Crippen LogP contribution in [0, 0.1) is 0 Å². The number of carbonyl (C=O) groups excluding carboxylic acids is 1. The molecule has 8 heteroatoms. The summed E-state index contributed by atoms with van der Waals surface area (Å²) < 4.78 is 10.6. The molecule has 2 aromatic heterocycles. The predicted molar refractivity (Wildman–Crippen MR) is 101 cm³/mol. The molecule has 0 aliphatic carbocycles. The van der Waals surface area contributed by atoms with Crippen LogP contribution in [0.15, 0.2) is 60.9 Å². The SMILES string of the molecule is COc1ccccc1OCC(=O)Nc1ccc(NCc2cccnc2)nn1. The van der Waals surface area contributed by atoms with Crippen LogP contribution >= 0.6 is 0 Å². The second kappa shape index (κ2) is 9.14. The number of hydrogen-bond acceptors (Lipinski definition) is 7. The maximum Gasteiger partial charge on any atom is 0.263 e. The Bertz CT molecular complexity index is 872. The number of aromatic nitrogens is 3. The molecule has 0 atom stereocenters. The van der Waals surface area contributed by atoms with E-state index in [1.54, 1.807) is 49.8 Å². The van der Waals surface area contributed by atoms with E-state index >= 15 is 0 Å². The average Bonchev–Trinajstić information content (AvgIpc) is 2.72. The number of benzene rings is 1. The number of hydrogen-bond donors (Lipinski definition) is 2. The van der Waals surface area contributed by atoms with Gasteiger partial charge in [-0.15, -0.1) is 10.2 Å². The molecule has 1 aromatic carbocycles. The number of ether oxygens (including phenoxy) is 2. The highest BCUT2D eigenvalue weighted by Gasteiger charge is 2.08. The lowest BCUT2D eigenvalue weighted by Crippen LogP contribution is -2.21. The van der Waals surface area contributed by atoms with Gasteiger partial charge in [0.1, 0.15) is 5.82 Å². The maximum absolute atomic E-state index is 12.0. The van der Waals surface area contributed by atoms with Gasteiger partial charge in [-0.1, -0.05) is 18.2 Å². The van der Waals surface area contributed by atoms with Crippen LogP contribution in [0.4, 0.5) is 11.6 Å². The molecule has 2 heterocycles. The summed E-state index contributed by atoms with van der Waals surface area (Å²) in [7, 11) is 1.54. The van der Waals surface area contributed by atoms with Crippen molar-refractivity contribution in [3.05, 3.63) is 66.5 Å². The minimum Gasteiger partial charge on any atom is -0.493 e. The van der Waals surface area contributed by atoms with Crippen LogP contribution in [0.5, 0.6) is 11.5 Å². The van der Waals surface area contributed by atoms with Gasteiger partial charge < -0.3 is 20.1 Å². The van der Waals surface area contributed by atoms with Crippen molar-refractivity contribution < 1.29 is 14.3 Å². The zero-order valence-electron chi connectivity index (χ0n) is 14.8. The molecule has 0 spiro atoms. The van der Waals surface area contributed by atoms with Gasteiger partial charge >= 0.3 is 0 Å². The number of amides is 1. The third-order valence-electron chi connectivity index (χ3n) is 3.56. The first-order chi connectivity index (χ1) is 13.2. The molecule has 3 rings (SSSR count). The summed E-state index contributed by atoms with van der Waals surface area (Å²) in [5.41, 5.74) is 1.03. The van der Waals surface area contributed by atoms with Gasteiger partial charge in [-0.25, -0.2) is 0 Å². The first-order valence-corrected chi connectivity index (χ1v) is 8.27. The van der Waals surface area contributed by atoms with Gasteiger partial charge in [0.05, 0.1) is 7.11 Å². The summed E-state index contributed by atoms with van der Waals surface area (Å²) in [6, 6.07) is 14.4. The first kappa shape index (κ1) is 18.1. The number of nitrogens with one attached hydrogen (secondary N) is 2. The Hall–Kier alpha value is -3.68. The molecule has 8 nitrogen and oxygen atoms in total. The second-order valence-corrected chi connectivity index (χ2v) is 5.51. The van der Waals surface area contributed by atoms with E-state index in [0.29, 0.717) is 29.7 Å². The predicted octanol–water partition coefficient (Wildman–Crippen LogP) is 2.51. The minimum atomic E-state index is -0.341. The Labute approximate surface area is 156 Å². The molecule has 1 amide bonds. The zero-order chi connectivity index (χ0) is 18.9. The normalized spacial score (nSPS) is 10.1. The lowest BCUT2D eigenvalue weighted by atomic mass is 10.3. The average molecular weight is 365 g/mol. The van der Waals surface area contributed by atoms with E-state index in [0.717, 1.165) is 5.56 Å². The largest absolute Gasteiger partial charge is 0.493 e. The van der Waals surface area contributed by atoms with Gasteiger partial charge in [0.15, 0.2) is 23.9 Å². The quantitative estimate of drug-likeness (QED) is 0.633. The lowest BCUT2D eigenvalue weighted by Gasteiger charge is -2.10. The lowest BCUT2D eigenvalue weighted by molar-refractivity contribution is -0.118. The zero-order valence-corrected chi connectivity index (χ0v) is 14.8. The molecule has 0 unspecified atom stereocenters. The second-order valence-electron chi connectivity index (χ2n) is 5.51. The van der Waals surface area contributed by atoms with Gasteiger partial charge in [0.2, 0.25) is 0 Å². The van der Waals surface area contributed by atoms with Crippen LogP contribution in [0.3, 0.4) is 0 Å². The van der Waals surface area contributed by atoms with Crippen molar-refractivity contribution in [2.45, 2.75) is 6.54 Å². The summed E-state index contributed by atoms with van der Waals surface area (Å²) in [6.07, 6.45) is 3.50. The molecule has 0 aliphatic heterocycles. The number of pyridine rings is 1. The molecule has 0 saturated carbocycles. The number of para-hydroxylation sites is 2. The van der Waals surface area contributed by atoms with E-state index < -0.39 is 0 Å². The standard InChI is InChI=1S/C19H19N5O3/c1-26-15-6-2-3-7-16(15)27-13-19(25)22-18-9-8-17(23-24-18)21-12-14-5-4-10-20-11-14/h2-11H,12-13H2,1H3,(H,21,23)(H,22,24,25). The van der Waals surface area contributed by atoms with Crippen LogP contribution in [-0.4, -0.2) is 34.8 Å². The fourth-order valence-corrected chi connectivity index (χ4v) is 2.25. The van der Waals surface area contributed by atoms with Gasteiger partial charge in [0.25, 0.3) is 5.91 Å². The summed E-state index contributed by atoms with van der Waals surface area (Å²) in [4.78, 5) is 16.1. The Kier molecular flexibility index (Phi) is 6.13. The van der Waals surface area contributed by atoms with E-state index in [9.17, 15) is 4.79 Å². The van der Waals surface area contributed by atoms with Crippen molar-refractivity contribution in [2.24, 2.45) is 0 Å². The van der Waals surface area contributed by atoms with Crippen molar-refractivity contribution in [3.63, 3.8) is 0 Å². The molecule has 27 heavy (non-hydrogen) atoms. The van der Waals surface area contributed by atoms with E-state index in [-0.39, 0.29) is 12.5 Å². The monoisotopic (exact) mass is 365 g/mol. The Morgan fingerprint density at radius 3 is 2.48 bits per heavy atom. The first-order valence-electron chi connectivity index (χ1n) is 8.27. The van der Waals surface area contributed by atoms with E-state index in [1.807, 2.05) is 18.2 Å². The summed E-state index contributed by atoms with van der Waals surface area (Å²) in [6.45, 7) is 0.421. The Morgan fingerprint density at radius 1 is 1.00 bits per heavy atom. The van der Waals surface area contributed by atoms with Gasteiger partial charge in [-0.3, -0.25) is 9.78 Å². The van der Waals surface area contributed by atoms with E-state index in [2.05, 4.69) is 25.8 Å². The molecular formula is C19H19N5O3. The molecule has 0 bridgehead atoms. The third-order valence-corrected chi connectivity index (χ3v) is 3.56. The number of rotatable bonds is 8. The van der Waals surface area contributed by atoms with Crippen molar-refractivity contribution >= 4 is 17.5 Å². The van der Waals surface area contributed by atoms with Crippen LogP contribution in [-0.2, 0) is 11.3 Å². The van der Waals surface area contributed by atoms with Crippen LogP contribution in [0.2, 0.25) is 0 Å². The molecule has 0 aliphatic rings. The summed E-state index contributed by atoms with van der Waals surface area (Å²) >= 11 is 0. The summed E-state index contributed by atoms with van der Waals surface area (Å²) in [5, 5.41) is 13.8. The highest BCUT2D eigenvalue weighted by atomic mass is 16.5. The number of nitrogens with zero attached hydrogens (tertiary/aromatic N) is 3. The molecule has 0 fully saturated rings. The maximum atomic E-state index is 12.0. The highest BCUT2D eigenvalue weighted by molar-refractivity contribution is 5.90. The fraction of sp³-hybridized carbons (Fsp3) is 0.158. The van der Waals surface area contributed by atoms with Crippen molar-refractivity contribution in [1.29, 1.82) is 0 Å². The molecule has 3 aromatic rings. The summed E-state index contributed by atoms with van der Waals surface area (Å²) in [5.74, 6) is 1.66. The molecule has 0 radical (unpaired) electrons. The molecular weight excluding hydrogens is 346 g/mol.